The molecule has 124 valence electrons. The standard InChI is InChI=1S/C19H18O5/c20-18(21)13-23-17-8-4-7-16-15(12-24-19(16)17)9-10-22-11-14-5-2-1-3-6-14/h1-8,12H,9-11,13H2,(H,20,21)/p-1. The first-order valence-electron chi connectivity index (χ1n) is 7.67. The molecule has 24 heavy (non-hydrogen) atoms. The van der Waals surface area contributed by atoms with Crippen molar-refractivity contribution in [2.75, 3.05) is 13.2 Å². The average molecular weight is 325 g/mol. The Hall–Kier alpha value is -2.79. The maximum atomic E-state index is 10.5. The summed E-state index contributed by atoms with van der Waals surface area (Å²) in [7, 11) is 0. The minimum Gasteiger partial charge on any atom is -0.546 e. The van der Waals surface area contributed by atoms with Crippen molar-refractivity contribution in [2.45, 2.75) is 13.0 Å². The predicted octanol–water partition coefficient (Wildman–Crippen LogP) is 2.32. The number of carboxylic acids is 1. The predicted molar refractivity (Wildman–Crippen MR) is 86.5 cm³/mol. The lowest BCUT2D eigenvalue weighted by atomic mass is 10.1. The molecule has 1 aromatic heterocycles. The molecular formula is C19H17O5-. The molecule has 0 aliphatic carbocycles. The molecule has 3 rings (SSSR count). The fraction of sp³-hybridized carbons (Fsp3) is 0.211. The van der Waals surface area contributed by atoms with Crippen molar-refractivity contribution in [3.05, 3.63) is 65.9 Å². The van der Waals surface area contributed by atoms with Crippen molar-refractivity contribution in [3.8, 4) is 5.75 Å². The van der Waals surface area contributed by atoms with Crippen LogP contribution >= 0.6 is 0 Å². The fourth-order valence-electron chi connectivity index (χ4n) is 2.47. The van der Waals surface area contributed by atoms with Crippen LogP contribution in [0.2, 0.25) is 0 Å². The Bertz CT molecular complexity index is 807. The number of carbonyl (C=O) groups excluding carboxylic acids is 1. The lowest BCUT2D eigenvalue weighted by Gasteiger charge is -2.07. The largest absolute Gasteiger partial charge is 0.546 e. The molecular weight excluding hydrogens is 308 g/mol. The molecule has 5 heteroatoms. The SMILES string of the molecule is O=C([O-])COc1cccc2c(CCOCc3ccccc3)coc12. The molecule has 0 fully saturated rings. The van der Waals surface area contributed by atoms with E-state index in [1.807, 2.05) is 36.4 Å². The van der Waals surface area contributed by atoms with Gasteiger partial charge in [-0.3, -0.25) is 0 Å². The van der Waals surface area contributed by atoms with Crippen molar-refractivity contribution in [2.24, 2.45) is 0 Å². The van der Waals surface area contributed by atoms with E-state index in [0.717, 1.165) is 16.5 Å². The maximum absolute atomic E-state index is 10.5. The van der Waals surface area contributed by atoms with Crippen LogP contribution in [0.5, 0.6) is 5.75 Å². The van der Waals surface area contributed by atoms with Crippen LogP contribution in [0.4, 0.5) is 0 Å². The number of rotatable bonds is 8. The number of benzene rings is 2. The Morgan fingerprint density at radius 3 is 2.71 bits per heavy atom. The molecule has 0 aliphatic heterocycles. The molecule has 0 aliphatic rings. The number of hydrogen-bond donors (Lipinski definition) is 0. The number of aliphatic carboxylic acids is 1. The highest BCUT2D eigenvalue weighted by Crippen LogP contribution is 2.30. The fourth-order valence-corrected chi connectivity index (χ4v) is 2.47. The van der Waals surface area contributed by atoms with Crippen molar-refractivity contribution < 1.29 is 23.8 Å². The second-order valence-electron chi connectivity index (χ2n) is 5.34. The number of carboxylic acid groups (broad SMARTS) is 1. The zero-order chi connectivity index (χ0) is 16.8. The summed E-state index contributed by atoms with van der Waals surface area (Å²) in [6.07, 6.45) is 2.35. The topological polar surface area (TPSA) is 71.7 Å². The second kappa shape index (κ2) is 7.66. The van der Waals surface area contributed by atoms with Crippen molar-refractivity contribution in [3.63, 3.8) is 0 Å². The molecule has 0 bridgehead atoms. The van der Waals surface area contributed by atoms with Crippen molar-refractivity contribution in [1.29, 1.82) is 0 Å². The number of hydrogen-bond acceptors (Lipinski definition) is 5. The van der Waals surface area contributed by atoms with Crippen LogP contribution in [-0.4, -0.2) is 19.2 Å². The highest BCUT2D eigenvalue weighted by Gasteiger charge is 2.10. The Labute approximate surface area is 139 Å². The van der Waals surface area contributed by atoms with E-state index in [-0.39, 0.29) is 0 Å². The van der Waals surface area contributed by atoms with E-state index in [9.17, 15) is 9.90 Å². The Kier molecular flexibility index (Phi) is 5.13. The van der Waals surface area contributed by atoms with Crippen LogP contribution in [0.3, 0.4) is 0 Å². The van der Waals surface area contributed by atoms with Crippen molar-refractivity contribution >= 4 is 16.9 Å². The van der Waals surface area contributed by atoms with Gasteiger partial charge >= 0.3 is 0 Å². The first kappa shape index (κ1) is 16.1. The summed E-state index contributed by atoms with van der Waals surface area (Å²) in [4.78, 5) is 10.5. The Morgan fingerprint density at radius 2 is 1.92 bits per heavy atom. The summed E-state index contributed by atoms with van der Waals surface area (Å²) in [6.45, 7) is 0.625. The van der Waals surface area contributed by atoms with Gasteiger partial charge in [-0.25, -0.2) is 0 Å². The van der Waals surface area contributed by atoms with Gasteiger partial charge < -0.3 is 23.8 Å². The van der Waals surface area contributed by atoms with E-state index >= 15 is 0 Å². The molecule has 0 atom stereocenters. The van der Waals surface area contributed by atoms with E-state index < -0.39 is 12.6 Å². The van der Waals surface area contributed by atoms with Gasteiger partial charge in [0.1, 0.15) is 6.61 Å². The summed E-state index contributed by atoms with van der Waals surface area (Å²) >= 11 is 0. The van der Waals surface area contributed by atoms with Crippen LogP contribution < -0.4 is 9.84 Å². The molecule has 1 heterocycles. The van der Waals surface area contributed by atoms with Gasteiger partial charge in [0, 0.05) is 10.9 Å². The molecule has 5 nitrogen and oxygen atoms in total. The average Bonchev–Trinajstić information content (AvgIpc) is 3.01. The summed E-state index contributed by atoms with van der Waals surface area (Å²) in [5.74, 6) is -0.874. The van der Waals surface area contributed by atoms with Gasteiger partial charge in [0.15, 0.2) is 11.3 Å². The minimum absolute atomic E-state index is 0.396. The zero-order valence-electron chi connectivity index (χ0n) is 13.1. The normalized spacial score (nSPS) is 10.8. The van der Waals surface area contributed by atoms with Crippen LogP contribution in [-0.2, 0) is 22.6 Å². The Morgan fingerprint density at radius 1 is 1.08 bits per heavy atom. The number of fused-ring (bicyclic) bond motifs is 1. The second-order valence-corrected chi connectivity index (χ2v) is 5.34. The number of para-hydroxylation sites is 1. The third-order valence-corrected chi connectivity index (χ3v) is 3.62. The number of ether oxygens (including phenoxy) is 2. The van der Waals surface area contributed by atoms with E-state index in [1.165, 1.54) is 0 Å². The van der Waals surface area contributed by atoms with Gasteiger partial charge in [-0.2, -0.15) is 0 Å². The highest BCUT2D eigenvalue weighted by atomic mass is 16.5. The summed E-state index contributed by atoms with van der Waals surface area (Å²) in [5, 5.41) is 11.4. The van der Waals surface area contributed by atoms with Gasteiger partial charge in [-0.1, -0.05) is 42.5 Å². The van der Waals surface area contributed by atoms with Crippen LogP contribution in [0, 0.1) is 0 Å². The molecule has 0 saturated carbocycles. The molecule has 0 saturated heterocycles. The summed E-state index contributed by atoms with van der Waals surface area (Å²) in [6, 6.07) is 15.4. The quantitative estimate of drug-likeness (QED) is 0.594. The molecule has 0 radical (unpaired) electrons. The third kappa shape index (κ3) is 3.94. The van der Waals surface area contributed by atoms with E-state index in [1.54, 1.807) is 18.4 Å². The zero-order valence-corrected chi connectivity index (χ0v) is 13.1. The lowest BCUT2D eigenvalue weighted by Crippen LogP contribution is -2.28. The molecule has 3 aromatic rings. The summed E-state index contributed by atoms with van der Waals surface area (Å²) in [5.41, 5.74) is 2.67. The number of carbonyl (C=O) groups is 1. The number of furan rings is 1. The maximum Gasteiger partial charge on any atom is 0.175 e. The van der Waals surface area contributed by atoms with E-state index in [2.05, 4.69) is 0 Å². The van der Waals surface area contributed by atoms with Gasteiger partial charge in [0.25, 0.3) is 0 Å². The lowest BCUT2D eigenvalue weighted by molar-refractivity contribution is -0.307. The van der Waals surface area contributed by atoms with Crippen LogP contribution in [0.15, 0.2) is 59.2 Å². The van der Waals surface area contributed by atoms with Gasteiger partial charge in [-0.05, 0) is 18.1 Å². The first-order chi connectivity index (χ1) is 11.7. The van der Waals surface area contributed by atoms with E-state index in [4.69, 9.17) is 13.9 Å². The molecule has 0 unspecified atom stereocenters. The summed E-state index contributed by atoms with van der Waals surface area (Å²) < 4.78 is 16.4. The van der Waals surface area contributed by atoms with Gasteiger partial charge in [0.05, 0.1) is 25.4 Å². The minimum atomic E-state index is -1.27. The van der Waals surface area contributed by atoms with Crippen LogP contribution in [0.25, 0.3) is 11.0 Å². The highest BCUT2D eigenvalue weighted by molar-refractivity contribution is 5.86. The first-order valence-corrected chi connectivity index (χ1v) is 7.67. The molecule has 0 N–H and O–H groups in total. The third-order valence-electron chi connectivity index (χ3n) is 3.62. The smallest absolute Gasteiger partial charge is 0.175 e. The van der Waals surface area contributed by atoms with E-state index in [0.29, 0.717) is 31.0 Å². The van der Waals surface area contributed by atoms with Gasteiger partial charge in [-0.15, -0.1) is 0 Å². The Balaban J connectivity index is 1.61. The van der Waals surface area contributed by atoms with Gasteiger partial charge in [0.2, 0.25) is 0 Å². The van der Waals surface area contributed by atoms with Crippen molar-refractivity contribution in [1.82, 2.24) is 0 Å². The monoisotopic (exact) mass is 325 g/mol. The molecule has 0 spiro atoms. The van der Waals surface area contributed by atoms with Crippen LogP contribution in [0.1, 0.15) is 11.1 Å². The molecule has 2 aromatic carbocycles. The molecule has 0 amide bonds.